The van der Waals surface area contributed by atoms with E-state index in [1.54, 1.807) is 0 Å². The number of carbonyl (C=O) groups excluding carboxylic acids is 1. The van der Waals surface area contributed by atoms with Crippen molar-refractivity contribution < 1.29 is 4.79 Å². The second-order valence-corrected chi connectivity index (χ2v) is 9.11. The van der Waals surface area contributed by atoms with Crippen LogP contribution in [0.5, 0.6) is 0 Å². The van der Waals surface area contributed by atoms with E-state index in [0.717, 1.165) is 11.1 Å². The van der Waals surface area contributed by atoms with Crippen LogP contribution in [-0.2, 0) is 3.36 Å². The summed E-state index contributed by atoms with van der Waals surface area (Å²) in [6.45, 7) is 4.45. The van der Waals surface area contributed by atoms with E-state index in [2.05, 4.69) is 26.0 Å². The molecular weight excluding hydrogens is 330 g/mol. The van der Waals surface area contributed by atoms with Crippen LogP contribution in [0.3, 0.4) is 0 Å². The molecule has 0 bridgehead atoms. The Morgan fingerprint density at radius 3 is 1.89 bits per heavy atom. The third kappa shape index (κ3) is 3.03. The van der Waals surface area contributed by atoms with E-state index in [1.807, 2.05) is 42.5 Å². The number of hydrogen-bond donors (Lipinski definition) is 0. The second kappa shape index (κ2) is 5.28. The Kier molecular flexibility index (Phi) is 3.92. The number of carbonyl (C=O) groups is 1. The van der Waals surface area contributed by atoms with Gasteiger partial charge in [0.15, 0.2) is 0 Å². The molecule has 0 fully saturated rings. The zero-order valence-electron chi connectivity index (χ0n) is 10.7. The van der Waals surface area contributed by atoms with Crippen LogP contribution in [0.4, 0.5) is 0 Å². The Bertz CT molecular complexity index is 536. The minimum absolute atomic E-state index is 0.0903. The summed E-state index contributed by atoms with van der Waals surface area (Å²) in [5, 5.41) is 0. The molecule has 0 unspecified atom stereocenters. The maximum absolute atomic E-state index is 12.2. The molecule has 0 radical (unpaired) electrons. The van der Waals surface area contributed by atoms with Crippen LogP contribution < -0.4 is 0 Å². The molecule has 0 N–H and O–H groups in total. The summed E-state index contributed by atoms with van der Waals surface area (Å²) >= 11 is 1.17. The van der Waals surface area contributed by atoms with Crippen molar-refractivity contribution >= 4 is 28.8 Å². The molecule has 92 valence electrons. The molecule has 2 heteroatoms. The van der Waals surface area contributed by atoms with E-state index in [-0.39, 0.29) is 9.14 Å². The van der Waals surface area contributed by atoms with Gasteiger partial charge in [0.2, 0.25) is 0 Å². The number of ketones is 1. The van der Waals surface area contributed by atoms with Crippen LogP contribution in [0.25, 0.3) is 0 Å². The van der Waals surface area contributed by atoms with Gasteiger partial charge >= 0.3 is 122 Å². The molecule has 0 saturated heterocycles. The van der Waals surface area contributed by atoms with Gasteiger partial charge in [0, 0.05) is 0 Å². The Morgan fingerprint density at radius 1 is 0.889 bits per heavy atom. The van der Waals surface area contributed by atoms with Gasteiger partial charge in [-0.1, -0.05) is 0 Å². The molecule has 18 heavy (non-hydrogen) atoms. The summed E-state index contributed by atoms with van der Waals surface area (Å²) < 4.78 is 0.249. The monoisotopic (exact) mass is 346 g/mol. The zero-order valence-corrected chi connectivity index (χ0v) is 14.0. The first-order valence-electron chi connectivity index (χ1n) is 5.97. The molecule has 0 aliphatic carbocycles. The van der Waals surface area contributed by atoms with Gasteiger partial charge in [0.1, 0.15) is 0 Å². The standard InChI is InChI=1S/C16H15O.Sb.2H/c1-12(2)13-8-10-15(11-9-13)16(17)14-6-4-3-5-7-14;;;/h3-11H,1-2H3;;;. The molecule has 0 spiro atoms. The number of rotatable bonds is 3. The van der Waals surface area contributed by atoms with Crippen molar-refractivity contribution in [1.82, 2.24) is 0 Å². The minimum atomic E-state index is 0.0903. The topological polar surface area (TPSA) is 17.1 Å². The quantitative estimate of drug-likeness (QED) is 0.617. The van der Waals surface area contributed by atoms with Gasteiger partial charge in [-0.25, -0.2) is 0 Å². The summed E-state index contributed by atoms with van der Waals surface area (Å²) in [4.78, 5) is 12.2. The van der Waals surface area contributed by atoms with Crippen molar-refractivity contribution in [2.45, 2.75) is 17.2 Å². The Hall–Kier alpha value is -1.07. The number of benzene rings is 2. The van der Waals surface area contributed by atoms with Crippen molar-refractivity contribution in [2.24, 2.45) is 0 Å². The van der Waals surface area contributed by atoms with Gasteiger partial charge < -0.3 is 0 Å². The molecule has 0 aliphatic rings. The zero-order chi connectivity index (χ0) is 13.2. The predicted molar refractivity (Wildman–Crippen MR) is 77.9 cm³/mol. The van der Waals surface area contributed by atoms with Gasteiger partial charge in [-0.3, -0.25) is 0 Å². The van der Waals surface area contributed by atoms with Crippen LogP contribution >= 0.6 is 0 Å². The van der Waals surface area contributed by atoms with E-state index >= 15 is 0 Å². The normalized spacial score (nSPS) is 11.3. The first kappa shape index (κ1) is 13.4. The van der Waals surface area contributed by atoms with E-state index in [4.69, 9.17) is 0 Å². The second-order valence-electron chi connectivity index (χ2n) is 4.99. The van der Waals surface area contributed by atoms with E-state index in [1.165, 1.54) is 28.6 Å². The molecule has 0 heterocycles. The maximum atomic E-state index is 12.2. The Labute approximate surface area is 122 Å². The van der Waals surface area contributed by atoms with Crippen LogP contribution in [0.2, 0.25) is 0 Å². The van der Waals surface area contributed by atoms with Crippen LogP contribution in [0, 0.1) is 0 Å². The van der Waals surface area contributed by atoms with Crippen molar-refractivity contribution in [3.63, 3.8) is 0 Å². The fourth-order valence-corrected chi connectivity index (χ4v) is 2.36. The van der Waals surface area contributed by atoms with Crippen molar-refractivity contribution in [1.29, 1.82) is 0 Å². The van der Waals surface area contributed by atoms with Crippen molar-refractivity contribution in [3.8, 4) is 0 Å². The third-order valence-electron chi connectivity index (χ3n) is 2.93. The van der Waals surface area contributed by atoms with E-state index < -0.39 is 0 Å². The average Bonchev–Trinajstić information content (AvgIpc) is 2.38. The molecule has 2 aromatic carbocycles. The fraction of sp³-hybridized carbons (Fsp3) is 0.188. The average molecular weight is 347 g/mol. The van der Waals surface area contributed by atoms with Gasteiger partial charge in [-0.15, -0.1) is 0 Å². The van der Waals surface area contributed by atoms with Crippen molar-refractivity contribution in [2.75, 3.05) is 0 Å². The summed E-state index contributed by atoms with van der Waals surface area (Å²) in [5.41, 5.74) is 2.80. The summed E-state index contributed by atoms with van der Waals surface area (Å²) in [7, 11) is 0. The first-order chi connectivity index (χ1) is 8.48. The Morgan fingerprint density at radius 2 is 1.39 bits per heavy atom. The molecule has 0 amide bonds. The van der Waals surface area contributed by atoms with Gasteiger partial charge in [0.25, 0.3) is 0 Å². The SMILES string of the molecule is C[C](C)([SbH2])c1ccc(C(=O)c2ccccc2)cc1. The van der Waals surface area contributed by atoms with E-state index in [0.29, 0.717) is 0 Å². The van der Waals surface area contributed by atoms with Crippen LogP contribution in [0.15, 0.2) is 54.6 Å². The molecule has 0 aromatic heterocycles. The van der Waals surface area contributed by atoms with E-state index in [9.17, 15) is 4.79 Å². The third-order valence-corrected chi connectivity index (χ3v) is 3.88. The molecule has 2 rings (SSSR count). The molecule has 0 saturated carbocycles. The molecule has 0 atom stereocenters. The summed E-state index contributed by atoms with van der Waals surface area (Å²) in [6, 6.07) is 17.4. The fourth-order valence-electron chi connectivity index (χ4n) is 1.81. The Balaban J connectivity index is 2.28. The molecular formula is C16H17OSb. The van der Waals surface area contributed by atoms with Gasteiger partial charge in [-0.05, 0) is 0 Å². The summed E-state index contributed by atoms with van der Waals surface area (Å²) in [6.07, 6.45) is 0. The first-order valence-corrected chi connectivity index (χ1v) is 7.62. The van der Waals surface area contributed by atoms with Gasteiger partial charge in [0.05, 0.1) is 0 Å². The molecule has 1 nitrogen and oxygen atoms in total. The summed E-state index contributed by atoms with van der Waals surface area (Å²) in [5.74, 6) is 0.0903. The molecule has 0 aliphatic heterocycles. The van der Waals surface area contributed by atoms with Gasteiger partial charge in [-0.2, -0.15) is 0 Å². The van der Waals surface area contributed by atoms with Crippen molar-refractivity contribution in [3.05, 3.63) is 71.3 Å². The van der Waals surface area contributed by atoms with Crippen LogP contribution in [0.1, 0.15) is 35.3 Å². The number of hydrogen-bond acceptors (Lipinski definition) is 1. The predicted octanol–water partition coefficient (Wildman–Crippen LogP) is 2.79. The van der Waals surface area contributed by atoms with Crippen LogP contribution in [-0.4, -0.2) is 28.8 Å². The molecule has 2 aromatic rings.